The van der Waals surface area contributed by atoms with Crippen molar-refractivity contribution >= 4 is 5.91 Å². The Hall–Kier alpha value is -1.55. The minimum atomic E-state index is 0.209. The highest BCUT2D eigenvalue weighted by molar-refractivity contribution is 5.76. The lowest BCUT2D eigenvalue weighted by Crippen LogP contribution is -2.31. The number of nitrogens with zero attached hydrogens (tertiary/aromatic N) is 1. The Bertz CT molecular complexity index is 393. The van der Waals surface area contributed by atoms with Crippen LogP contribution in [0.1, 0.15) is 12.0 Å². The van der Waals surface area contributed by atoms with Gasteiger partial charge in [0, 0.05) is 38.2 Å². The van der Waals surface area contributed by atoms with Crippen LogP contribution in [-0.4, -0.2) is 37.6 Å². The van der Waals surface area contributed by atoms with E-state index in [9.17, 15) is 4.79 Å². The van der Waals surface area contributed by atoms with Gasteiger partial charge in [0.2, 0.25) is 5.91 Å². The average Bonchev–Trinajstić information content (AvgIpc) is 2.56. The molecule has 0 unspecified atom stereocenters. The van der Waals surface area contributed by atoms with Crippen molar-refractivity contribution in [3.05, 3.63) is 29.8 Å². The SMILES string of the molecule is COc1ccccc1CN1CCNCCC1=O. The van der Waals surface area contributed by atoms with Crippen LogP contribution in [0.2, 0.25) is 0 Å². The van der Waals surface area contributed by atoms with Gasteiger partial charge in [-0.2, -0.15) is 0 Å². The van der Waals surface area contributed by atoms with Crippen LogP contribution < -0.4 is 10.1 Å². The van der Waals surface area contributed by atoms with Gasteiger partial charge in [-0.05, 0) is 6.07 Å². The predicted molar refractivity (Wildman–Crippen MR) is 65.9 cm³/mol. The predicted octanol–water partition coefficient (Wildman–Crippen LogP) is 1.02. The summed E-state index contributed by atoms with van der Waals surface area (Å²) in [6.07, 6.45) is 0.579. The summed E-state index contributed by atoms with van der Waals surface area (Å²) in [7, 11) is 1.66. The van der Waals surface area contributed by atoms with Gasteiger partial charge in [-0.15, -0.1) is 0 Å². The molecule has 0 atom stereocenters. The molecule has 1 aromatic rings. The van der Waals surface area contributed by atoms with E-state index in [1.165, 1.54) is 0 Å². The van der Waals surface area contributed by atoms with Gasteiger partial charge in [0.15, 0.2) is 0 Å². The van der Waals surface area contributed by atoms with Crippen molar-refractivity contribution in [2.75, 3.05) is 26.7 Å². The van der Waals surface area contributed by atoms with Crippen molar-refractivity contribution in [3.8, 4) is 5.75 Å². The Balaban J connectivity index is 2.10. The number of nitrogens with one attached hydrogen (secondary N) is 1. The fourth-order valence-electron chi connectivity index (χ4n) is 2.02. The molecule has 1 aliphatic rings. The van der Waals surface area contributed by atoms with E-state index in [0.29, 0.717) is 13.0 Å². The number of hydrogen-bond acceptors (Lipinski definition) is 3. The van der Waals surface area contributed by atoms with Gasteiger partial charge < -0.3 is 15.0 Å². The van der Waals surface area contributed by atoms with Crippen LogP contribution in [0.5, 0.6) is 5.75 Å². The van der Waals surface area contributed by atoms with Crippen molar-refractivity contribution in [2.45, 2.75) is 13.0 Å². The molecular formula is C13H18N2O2. The van der Waals surface area contributed by atoms with Gasteiger partial charge in [0.25, 0.3) is 0 Å². The molecule has 0 aliphatic carbocycles. The fraction of sp³-hybridized carbons (Fsp3) is 0.462. The van der Waals surface area contributed by atoms with E-state index >= 15 is 0 Å². The van der Waals surface area contributed by atoms with Crippen molar-refractivity contribution < 1.29 is 9.53 Å². The highest BCUT2D eigenvalue weighted by atomic mass is 16.5. The molecule has 1 N–H and O–H groups in total. The minimum Gasteiger partial charge on any atom is -0.496 e. The van der Waals surface area contributed by atoms with E-state index < -0.39 is 0 Å². The van der Waals surface area contributed by atoms with E-state index in [4.69, 9.17) is 4.74 Å². The Kier molecular flexibility index (Phi) is 3.98. The maximum absolute atomic E-state index is 11.9. The highest BCUT2D eigenvalue weighted by Gasteiger charge is 2.17. The first kappa shape index (κ1) is 11.9. The summed E-state index contributed by atoms with van der Waals surface area (Å²) >= 11 is 0. The molecule has 4 heteroatoms. The van der Waals surface area contributed by atoms with Gasteiger partial charge in [-0.25, -0.2) is 0 Å². The van der Waals surface area contributed by atoms with Crippen LogP contribution in [0, 0.1) is 0 Å². The lowest BCUT2D eigenvalue weighted by Gasteiger charge is -2.21. The first-order valence-electron chi connectivity index (χ1n) is 5.91. The third-order valence-corrected chi connectivity index (χ3v) is 2.98. The molecule has 1 heterocycles. The number of amides is 1. The number of para-hydroxylation sites is 1. The Morgan fingerprint density at radius 1 is 1.35 bits per heavy atom. The molecular weight excluding hydrogens is 216 g/mol. The lowest BCUT2D eigenvalue weighted by molar-refractivity contribution is -0.130. The van der Waals surface area contributed by atoms with E-state index in [-0.39, 0.29) is 5.91 Å². The van der Waals surface area contributed by atoms with Crippen molar-refractivity contribution in [2.24, 2.45) is 0 Å². The first-order chi connectivity index (χ1) is 8.31. The van der Waals surface area contributed by atoms with Gasteiger partial charge in [-0.1, -0.05) is 18.2 Å². The summed E-state index contributed by atoms with van der Waals surface area (Å²) in [6, 6.07) is 7.84. The van der Waals surface area contributed by atoms with E-state index in [2.05, 4.69) is 5.32 Å². The van der Waals surface area contributed by atoms with Gasteiger partial charge in [-0.3, -0.25) is 4.79 Å². The molecule has 4 nitrogen and oxygen atoms in total. The van der Waals surface area contributed by atoms with E-state index in [1.54, 1.807) is 7.11 Å². The number of benzene rings is 1. The standard InChI is InChI=1S/C13H18N2O2/c1-17-12-5-3-2-4-11(12)10-15-9-8-14-7-6-13(15)16/h2-5,14H,6-10H2,1H3. The van der Waals surface area contributed by atoms with Crippen molar-refractivity contribution in [1.29, 1.82) is 0 Å². The van der Waals surface area contributed by atoms with Crippen LogP contribution in [-0.2, 0) is 11.3 Å². The maximum Gasteiger partial charge on any atom is 0.224 e. The first-order valence-corrected chi connectivity index (χ1v) is 5.91. The minimum absolute atomic E-state index is 0.209. The molecule has 0 saturated carbocycles. The summed E-state index contributed by atoms with van der Waals surface area (Å²) < 4.78 is 5.30. The van der Waals surface area contributed by atoms with Gasteiger partial charge in [0.1, 0.15) is 5.75 Å². The molecule has 1 aliphatic heterocycles. The topological polar surface area (TPSA) is 41.6 Å². The number of methoxy groups -OCH3 is 1. The monoisotopic (exact) mass is 234 g/mol. The second-order valence-corrected chi connectivity index (χ2v) is 4.13. The number of ether oxygens (including phenoxy) is 1. The number of hydrogen-bond donors (Lipinski definition) is 1. The number of carbonyl (C=O) groups is 1. The molecule has 1 amide bonds. The Morgan fingerprint density at radius 2 is 2.18 bits per heavy atom. The van der Waals surface area contributed by atoms with Crippen LogP contribution in [0.4, 0.5) is 0 Å². The summed E-state index contributed by atoms with van der Waals surface area (Å²) in [5, 5.41) is 3.23. The highest BCUT2D eigenvalue weighted by Crippen LogP contribution is 2.19. The third kappa shape index (κ3) is 2.97. The third-order valence-electron chi connectivity index (χ3n) is 2.98. The molecule has 92 valence electrons. The summed E-state index contributed by atoms with van der Waals surface area (Å²) in [5.41, 5.74) is 1.06. The second kappa shape index (κ2) is 5.68. The molecule has 0 spiro atoms. The maximum atomic E-state index is 11.9. The number of rotatable bonds is 3. The quantitative estimate of drug-likeness (QED) is 0.849. The molecule has 0 radical (unpaired) electrons. The average molecular weight is 234 g/mol. The van der Waals surface area contributed by atoms with Crippen LogP contribution >= 0.6 is 0 Å². The van der Waals surface area contributed by atoms with E-state index in [1.807, 2.05) is 29.2 Å². The second-order valence-electron chi connectivity index (χ2n) is 4.13. The normalized spacial score (nSPS) is 16.8. The summed E-state index contributed by atoms with van der Waals surface area (Å²) in [6.45, 7) is 3.03. The lowest BCUT2D eigenvalue weighted by atomic mass is 10.2. The van der Waals surface area contributed by atoms with E-state index in [0.717, 1.165) is 30.9 Å². The van der Waals surface area contributed by atoms with Crippen molar-refractivity contribution in [1.82, 2.24) is 10.2 Å². The Morgan fingerprint density at radius 3 is 3.00 bits per heavy atom. The zero-order chi connectivity index (χ0) is 12.1. The van der Waals surface area contributed by atoms with Crippen LogP contribution in [0.25, 0.3) is 0 Å². The molecule has 0 bridgehead atoms. The summed E-state index contributed by atoms with van der Waals surface area (Å²) in [4.78, 5) is 13.8. The molecule has 1 saturated heterocycles. The molecule has 17 heavy (non-hydrogen) atoms. The van der Waals surface area contributed by atoms with Crippen LogP contribution in [0.3, 0.4) is 0 Å². The fourth-order valence-corrected chi connectivity index (χ4v) is 2.02. The zero-order valence-electron chi connectivity index (χ0n) is 10.1. The largest absolute Gasteiger partial charge is 0.496 e. The smallest absolute Gasteiger partial charge is 0.224 e. The molecule has 1 fully saturated rings. The molecule has 2 rings (SSSR count). The van der Waals surface area contributed by atoms with Gasteiger partial charge in [0.05, 0.1) is 7.11 Å². The van der Waals surface area contributed by atoms with Crippen molar-refractivity contribution in [3.63, 3.8) is 0 Å². The van der Waals surface area contributed by atoms with Crippen LogP contribution in [0.15, 0.2) is 24.3 Å². The van der Waals surface area contributed by atoms with Gasteiger partial charge >= 0.3 is 0 Å². The Labute approximate surface area is 102 Å². The molecule has 1 aromatic carbocycles. The zero-order valence-corrected chi connectivity index (χ0v) is 10.1. The summed E-state index contributed by atoms with van der Waals surface area (Å²) in [5.74, 6) is 1.05. The number of carbonyl (C=O) groups excluding carboxylic acids is 1. The molecule has 0 aromatic heterocycles.